The lowest BCUT2D eigenvalue weighted by atomic mass is 9.86. The van der Waals surface area contributed by atoms with Crippen LogP contribution in [-0.2, 0) is 0 Å². The van der Waals surface area contributed by atoms with Crippen molar-refractivity contribution >= 4 is 0 Å². The highest BCUT2D eigenvalue weighted by atomic mass is 16.5. The van der Waals surface area contributed by atoms with Crippen LogP contribution in [0.25, 0.3) is 11.3 Å². The molecule has 0 bridgehead atoms. The van der Waals surface area contributed by atoms with Crippen molar-refractivity contribution in [2.75, 3.05) is 6.61 Å². The van der Waals surface area contributed by atoms with E-state index in [4.69, 9.17) is 10.5 Å². The van der Waals surface area contributed by atoms with E-state index in [0.29, 0.717) is 18.6 Å². The molecule has 4 heteroatoms. The minimum Gasteiger partial charge on any atom is -0.494 e. The fourth-order valence-corrected chi connectivity index (χ4v) is 2.98. The van der Waals surface area contributed by atoms with Crippen LogP contribution in [-0.4, -0.2) is 22.6 Å². The van der Waals surface area contributed by atoms with Crippen LogP contribution < -0.4 is 10.5 Å². The summed E-state index contributed by atoms with van der Waals surface area (Å²) in [5, 5.41) is 0. The Morgan fingerprint density at radius 2 is 1.90 bits per heavy atom. The summed E-state index contributed by atoms with van der Waals surface area (Å²) in [5.74, 6) is 2.54. The van der Waals surface area contributed by atoms with Crippen LogP contribution in [0.4, 0.5) is 0 Å². The Balaban J connectivity index is 1.72. The summed E-state index contributed by atoms with van der Waals surface area (Å²) >= 11 is 0. The molecule has 1 fully saturated rings. The van der Waals surface area contributed by atoms with Crippen LogP contribution in [0, 0.1) is 0 Å². The summed E-state index contributed by atoms with van der Waals surface area (Å²) in [5.41, 5.74) is 8.18. The third-order valence-electron chi connectivity index (χ3n) is 4.23. The number of nitrogens with two attached hydrogens (primary N) is 1. The molecular weight excluding hydrogens is 262 g/mol. The molecule has 2 aromatic rings. The van der Waals surface area contributed by atoms with Crippen LogP contribution >= 0.6 is 0 Å². The zero-order valence-electron chi connectivity index (χ0n) is 12.5. The number of hydrogen-bond acceptors (Lipinski definition) is 3. The minimum atomic E-state index is 0.377. The maximum Gasteiger partial charge on any atom is 0.119 e. The standard InChI is InChI=1S/C17H23N3O/c1-2-21-15-9-5-12(6-10-15)16-11-19-17(20-16)13-3-7-14(18)8-4-13/h5-6,9-11,13-14H,2-4,7-8,18H2,1H3,(H,19,20). The highest BCUT2D eigenvalue weighted by Gasteiger charge is 2.22. The number of nitrogens with one attached hydrogen (secondary N) is 1. The molecule has 0 amide bonds. The number of imidazole rings is 1. The summed E-state index contributed by atoms with van der Waals surface area (Å²) in [4.78, 5) is 8.05. The summed E-state index contributed by atoms with van der Waals surface area (Å²) in [7, 11) is 0. The molecule has 1 saturated carbocycles. The number of nitrogens with zero attached hydrogens (tertiary/aromatic N) is 1. The molecule has 1 aliphatic rings. The molecular formula is C17H23N3O. The van der Waals surface area contributed by atoms with E-state index >= 15 is 0 Å². The van der Waals surface area contributed by atoms with Crippen molar-refractivity contribution < 1.29 is 4.74 Å². The van der Waals surface area contributed by atoms with Gasteiger partial charge in [0.05, 0.1) is 18.5 Å². The smallest absolute Gasteiger partial charge is 0.119 e. The number of aromatic amines is 1. The zero-order chi connectivity index (χ0) is 14.7. The van der Waals surface area contributed by atoms with Gasteiger partial charge in [-0.2, -0.15) is 0 Å². The Labute approximate surface area is 125 Å². The second-order valence-corrected chi connectivity index (χ2v) is 5.75. The average molecular weight is 285 g/mol. The van der Waals surface area contributed by atoms with E-state index in [1.54, 1.807) is 0 Å². The molecule has 21 heavy (non-hydrogen) atoms. The normalized spacial score (nSPS) is 22.2. The lowest BCUT2D eigenvalue weighted by Crippen LogP contribution is -2.26. The Kier molecular flexibility index (Phi) is 4.25. The first-order valence-corrected chi connectivity index (χ1v) is 7.80. The molecule has 3 N–H and O–H groups in total. The largest absolute Gasteiger partial charge is 0.494 e. The number of H-pyrrole nitrogens is 1. The topological polar surface area (TPSA) is 63.9 Å². The Hall–Kier alpha value is -1.81. The maximum atomic E-state index is 5.97. The van der Waals surface area contributed by atoms with Crippen LogP contribution in [0.2, 0.25) is 0 Å². The Morgan fingerprint density at radius 1 is 1.19 bits per heavy atom. The lowest BCUT2D eigenvalue weighted by Gasteiger charge is -2.24. The van der Waals surface area contributed by atoms with E-state index < -0.39 is 0 Å². The van der Waals surface area contributed by atoms with Gasteiger partial charge in [0.2, 0.25) is 0 Å². The highest BCUT2D eigenvalue weighted by molar-refractivity contribution is 5.59. The van der Waals surface area contributed by atoms with E-state index in [2.05, 4.69) is 22.1 Å². The molecule has 0 unspecified atom stereocenters. The van der Waals surface area contributed by atoms with E-state index in [0.717, 1.165) is 48.5 Å². The fraction of sp³-hybridized carbons (Fsp3) is 0.471. The summed E-state index contributed by atoms with van der Waals surface area (Å²) in [6.45, 7) is 2.68. The van der Waals surface area contributed by atoms with Crippen molar-refractivity contribution in [2.24, 2.45) is 5.73 Å². The van der Waals surface area contributed by atoms with Crippen molar-refractivity contribution in [2.45, 2.75) is 44.6 Å². The van der Waals surface area contributed by atoms with Gasteiger partial charge in [-0.25, -0.2) is 4.98 Å². The summed E-state index contributed by atoms with van der Waals surface area (Å²) in [6, 6.07) is 8.51. The van der Waals surface area contributed by atoms with Crippen molar-refractivity contribution in [3.05, 3.63) is 36.3 Å². The Morgan fingerprint density at radius 3 is 2.57 bits per heavy atom. The van der Waals surface area contributed by atoms with Crippen LogP contribution in [0.15, 0.2) is 30.5 Å². The summed E-state index contributed by atoms with van der Waals surface area (Å²) in [6.07, 6.45) is 6.40. The van der Waals surface area contributed by atoms with Gasteiger partial charge < -0.3 is 15.5 Å². The maximum absolute atomic E-state index is 5.97. The predicted molar refractivity (Wildman–Crippen MR) is 84.4 cm³/mol. The molecule has 0 aliphatic heterocycles. The van der Waals surface area contributed by atoms with Crippen molar-refractivity contribution in [1.82, 2.24) is 9.97 Å². The molecule has 0 radical (unpaired) electrons. The number of benzene rings is 1. The average Bonchev–Trinajstić information content (AvgIpc) is 2.99. The zero-order valence-corrected chi connectivity index (χ0v) is 12.5. The van der Waals surface area contributed by atoms with E-state index in [1.165, 1.54) is 0 Å². The predicted octanol–water partition coefficient (Wildman–Crippen LogP) is 3.46. The SMILES string of the molecule is CCOc1ccc(-c2cnc(C3CCC(N)CC3)[nH]2)cc1. The molecule has 1 aromatic carbocycles. The highest BCUT2D eigenvalue weighted by Crippen LogP contribution is 2.31. The first kappa shape index (κ1) is 14.1. The Bertz CT molecular complexity index is 568. The quantitative estimate of drug-likeness (QED) is 0.904. The van der Waals surface area contributed by atoms with Gasteiger partial charge in [0.15, 0.2) is 0 Å². The lowest BCUT2D eigenvalue weighted by molar-refractivity contribution is 0.340. The van der Waals surface area contributed by atoms with Crippen molar-refractivity contribution in [1.29, 1.82) is 0 Å². The van der Waals surface area contributed by atoms with E-state index in [1.807, 2.05) is 25.3 Å². The van der Waals surface area contributed by atoms with Crippen molar-refractivity contribution in [3.8, 4) is 17.0 Å². The first-order chi connectivity index (χ1) is 10.3. The fourth-order valence-electron chi connectivity index (χ4n) is 2.98. The minimum absolute atomic E-state index is 0.377. The second kappa shape index (κ2) is 6.31. The monoisotopic (exact) mass is 285 g/mol. The van der Waals surface area contributed by atoms with Crippen molar-refractivity contribution in [3.63, 3.8) is 0 Å². The van der Waals surface area contributed by atoms with Crippen LogP contribution in [0.5, 0.6) is 5.75 Å². The van der Waals surface area contributed by atoms with Crippen LogP contribution in [0.3, 0.4) is 0 Å². The van der Waals surface area contributed by atoms with Gasteiger partial charge in [-0.3, -0.25) is 0 Å². The molecule has 0 spiro atoms. The van der Waals surface area contributed by atoms with Gasteiger partial charge >= 0.3 is 0 Å². The van der Waals surface area contributed by atoms with Gasteiger partial charge in [0.25, 0.3) is 0 Å². The number of rotatable bonds is 4. The van der Waals surface area contributed by atoms with Gasteiger partial charge in [-0.05, 0) is 62.4 Å². The van der Waals surface area contributed by atoms with Crippen LogP contribution in [0.1, 0.15) is 44.3 Å². The third-order valence-corrected chi connectivity index (χ3v) is 4.23. The van der Waals surface area contributed by atoms with Gasteiger partial charge in [0, 0.05) is 12.0 Å². The summed E-state index contributed by atoms with van der Waals surface area (Å²) < 4.78 is 5.47. The first-order valence-electron chi connectivity index (χ1n) is 7.80. The molecule has 1 aliphatic carbocycles. The molecule has 3 rings (SSSR count). The molecule has 1 heterocycles. The molecule has 0 atom stereocenters. The second-order valence-electron chi connectivity index (χ2n) is 5.75. The molecule has 0 saturated heterocycles. The van der Waals surface area contributed by atoms with E-state index in [9.17, 15) is 0 Å². The third kappa shape index (κ3) is 3.27. The van der Waals surface area contributed by atoms with Gasteiger partial charge in [-0.1, -0.05) is 0 Å². The molecule has 1 aromatic heterocycles. The van der Waals surface area contributed by atoms with E-state index in [-0.39, 0.29) is 0 Å². The number of aromatic nitrogens is 2. The number of ether oxygens (including phenoxy) is 1. The molecule has 112 valence electrons. The molecule has 4 nitrogen and oxygen atoms in total. The van der Waals surface area contributed by atoms with Gasteiger partial charge in [0.1, 0.15) is 11.6 Å². The number of hydrogen-bond donors (Lipinski definition) is 2. The van der Waals surface area contributed by atoms with Gasteiger partial charge in [-0.15, -0.1) is 0 Å².